The summed E-state index contributed by atoms with van der Waals surface area (Å²) in [6.07, 6.45) is 1.02. The number of nitrogens with one attached hydrogen (secondary N) is 1. The predicted octanol–water partition coefficient (Wildman–Crippen LogP) is 1.63. The van der Waals surface area contributed by atoms with E-state index in [9.17, 15) is 4.79 Å². The average molecular weight is 263 g/mol. The van der Waals surface area contributed by atoms with Crippen LogP contribution in [0.1, 0.15) is 23.5 Å². The van der Waals surface area contributed by atoms with Crippen molar-refractivity contribution in [1.29, 1.82) is 0 Å². The molecule has 104 valence electrons. The summed E-state index contributed by atoms with van der Waals surface area (Å²) in [7, 11) is 1.61. The Kier molecular flexibility index (Phi) is 4.93. The summed E-state index contributed by atoms with van der Waals surface area (Å²) in [6.45, 7) is 3.19. The first-order valence-corrected chi connectivity index (χ1v) is 6.64. The molecule has 0 spiro atoms. The van der Waals surface area contributed by atoms with Crippen molar-refractivity contribution >= 4 is 5.91 Å². The van der Waals surface area contributed by atoms with Crippen LogP contribution in [0.5, 0.6) is 0 Å². The molecule has 2 atom stereocenters. The van der Waals surface area contributed by atoms with E-state index in [1.54, 1.807) is 7.11 Å². The van der Waals surface area contributed by atoms with E-state index in [-0.39, 0.29) is 18.6 Å². The van der Waals surface area contributed by atoms with Gasteiger partial charge in [0.15, 0.2) is 0 Å². The van der Waals surface area contributed by atoms with E-state index in [1.165, 1.54) is 11.1 Å². The van der Waals surface area contributed by atoms with Gasteiger partial charge in [0.25, 0.3) is 0 Å². The van der Waals surface area contributed by atoms with Gasteiger partial charge in [0, 0.05) is 19.1 Å². The van der Waals surface area contributed by atoms with Crippen molar-refractivity contribution in [3.05, 3.63) is 35.4 Å². The first-order valence-electron chi connectivity index (χ1n) is 6.64. The maximum Gasteiger partial charge on any atom is 0.246 e. The molecule has 1 aliphatic carbocycles. The van der Waals surface area contributed by atoms with Crippen LogP contribution in [-0.4, -0.2) is 38.9 Å². The van der Waals surface area contributed by atoms with Crippen molar-refractivity contribution in [2.24, 2.45) is 0 Å². The molecule has 4 heteroatoms. The number of benzene rings is 1. The van der Waals surface area contributed by atoms with Crippen LogP contribution in [0.25, 0.3) is 0 Å². The summed E-state index contributed by atoms with van der Waals surface area (Å²) < 4.78 is 10.0. The van der Waals surface area contributed by atoms with Crippen molar-refractivity contribution < 1.29 is 14.3 Å². The second-order valence-corrected chi connectivity index (χ2v) is 4.92. The molecule has 0 heterocycles. The highest BCUT2D eigenvalue weighted by Crippen LogP contribution is 2.41. The quantitative estimate of drug-likeness (QED) is 0.761. The van der Waals surface area contributed by atoms with Crippen LogP contribution < -0.4 is 5.32 Å². The summed E-state index contributed by atoms with van der Waals surface area (Å²) in [4.78, 5) is 11.6. The lowest BCUT2D eigenvalue weighted by Gasteiger charge is -2.07. The largest absolute Gasteiger partial charge is 0.382 e. The van der Waals surface area contributed by atoms with Gasteiger partial charge >= 0.3 is 0 Å². The fraction of sp³-hybridized carbons (Fsp3) is 0.533. The Balaban J connectivity index is 1.72. The molecule has 0 radical (unpaired) electrons. The van der Waals surface area contributed by atoms with E-state index in [2.05, 4.69) is 24.4 Å². The number of amides is 1. The van der Waals surface area contributed by atoms with Crippen LogP contribution in [0.2, 0.25) is 0 Å². The van der Waals surface area contributed by atoms with Crippen molar-refractivity contribution in [1.82, 2.24) is 5.32 Å². The first kappa shape index (κ1) is 14.0. The molecule has 1 aromatic rings. The molecular weight excluding hydrogens is 242 g/mol. The molecule has 4 nitrogen and oxygen atoms in total. The zero-order valence-corrected chi connectivity index (χ0v) is 11.5. The number of hydrogen-bond acceptors (Lipinski definition) is 3. The number of ether oxygens (including phenoxy) is 2. The molecule has 1 fully saturated rings. The van der Waals surface area contributed by atoms with Gasteiger partial charge in [-0.3, -0.25) is 4.79 Å². The summed E-state index contributed by atoms with van der Waals surface area (Å²) in [5, 5.41) is 3.00. The van der Waals surface area contributed by atoms with E-state index < -0.39 is 0 Å². The van der Waals surface area contributed by atoms with E-state index in [0.29, 0.717) is 19.1 Å². The fourth-order valence-electron chi connectivity index (χ4n) is 2.26. The third kappa shape index (κ3) is 4.04. The van der Waals surface area contributed by atoms with Gasteiger partial charge in [0.1, 0.15) is 6.61 Å². The van der Waals surface area contributed by atoms with Gasteiger partial charge in [-0.15, -0.1) is 0 Å². The lowest BCUT2D eigenvalue weighted by atomic mass is 10.0. The molecule has 1 amide bonds. The molecular formula is C15H21NO3. The van der Waals surface area contributed by atoms with E-state index in [1.807, 2.05) is 12.1 Å². The summed E-state index contributed by atoms with van der Waals surface area (Å²) in [6, 6.07) is 8.60. The van der Waals surface area contributed by atoms with Gasteiger partial charge in [0.05, 0.1) is 13.2 Å². The Bertz CT molecular complexity index is 433. The molecule has 0 aromatic heterocycles. The lowest BCUT2D eigenvalue weighted by molar-refractivity contribution is -0.126. The normalized spacial score (nSPS) is 21.2. The number of methoxy groups -OCH3 is 1. The molecule has 1 saturated carbocycles. The highest BCUT2D eigenvalue weighted by atomic mass is 16.5. The molecule has 0 aliphatic heterocycles. The second-order valence-electron chi connectivity index (χ2n) is 4.92. The van der Waals surface area contributed by atoms with Crippen LogP contribution in [0.15, 0.2) is 24.3 Å². The molecule has 1 N–H and O–H groups in total. The van der Waals surface area contributed by atoms with Crippen LogP contribution in [0.4, 0.5) is 0 Å². The molecule has 1 aromatic carbocycles. The third-order valence-corrected chi connectivity index (χ3v) is 3.39. The van der Waals surface area contributed by atoms with Gasteiger partial charge in [-0.2, -0.15) is 0 Å². The highest BCUT2D eigenvalue weighted by Gasteiger charge is 2.39. The van der Waals surface area contributed by atoms with Gasteiger partial charge in [-0.25, -0.2) is 0 Å². The topological polar surface area (TPSA) is 47.6 Å². The predicted molar refractivity (Wildman–Crippen MR) is 73.2 cm³/mol. The van der Waals surface area contributed by atoms with Gasteiger partial charge in [-0.05, 0) is 24.5 Å². The van der Waals surface area contributed by atoms with Gasteiger partial charge in [0.2, 0.25) is 5.91 Å². The summed E-state index contributed by atoms with van der Waals surface area (Å²) in [5.74, 6) is 0.418. The van der Waals surface area contributed by atoms with Crippen molar-refractivity contribution in [2.45, 2.75) is 25.3 Å². The van der Waals surface area contributed by atoms with Crippen molar-refractivity contribution in [3.63, 3.8) is 0 Å². The van der Waals surface area contributed by atoms with E-state index in [4.69, 9.17) is 9.47 Å². The summed E-state index contributed by atoms with van der Waals surface area (Å²) in [5.41, 5.74) is 2.63. The zero-order valence-electron chi connectivity index (χ0n) is 11.5. The Morgan fingerprint density at radius 1 is 1.37 bits per heavy atom. The van der Waals surface area contributed by atoms with Gasteiger partial charge in [-0.1, -0.05) is 24.3 Å². The standard InChI is InChI=1S/C15H21NO3/c1-11-5-3-4-6-12(11)13-9-14(13)16-15(17)10-19-8-7-18-2/h3-6,13-14H,7-10H2,1-2H3,(H,16,17)/t13-,14+/m1/s1. The smallest absolute Gasteiger partial charge is 0.246 e. The van der Waals surface area contributed by atoms with Crippen LogP contribution in [-0.2, 0) is 14.3 Å². The summed E-state index contributed by atoms with van der Waals surface area (Å²) >= 11 is 0. The van der Waals surface area contributed by atoms with Crippen molar-refractivity contribution in [3.8, 4) is 0 Å². The van der Waals surface area contributed by atoms with Crippen LogP contribution in [0.3, 0.4) is 0 Å². The monoisotopic (exact) mass is 263 g/mol. The minimum Gasteiger partial charge on any atom is -0.382 e. The minimum atomic E-state index is -0.0443. The number of rotatable bonds is 7. The maximum absolute atomic E-state index is 11.6. The fourth-order valence-corrected chi connectivity index (χ4v) is 2.26. The lowest BCUT2D eigenvalue weighted by Crippen LogP contribution is -2.30. The Labute approximate surface area is 114 Å². The second kappa shape index (κ2) is 6.68. The molecule has 1 aliphatic rings. The van der Waals surface area contributed by atoms with Gasteiger partial charge < -0.3 is 14.8 Å². The third-order valence-electron chi connectivity index (χ3n) is 3.39. The molecule has 19 heavy (non-hydrogen) atoms. The molecule has 0 unspecified atom stereocenters. The molecule has 0 bridgehead atoms. The first-order chi connectivity index (χ1) is 9.22. The highest BCUT2D eigenvalue weighted by molar-refractivity contribution is 5.78. The van der Waals surface area contributed by atoms with Crippen LogP contribution in [0, 0.1) is 6.92 Å². The van der Waals surface area contributed by atoms with Crippen LogP contribution >= 0.6 is 0 Å². The SMILES string of the molecule is COCCOCC(=O)N[C@H]1C[C@@H]1c1ccccc1C. The number of carbonyl (C=O) groups is 1. The van der Waals surface area contributed by atoms with E-state index in [0.717, 1.165) is 6.42 Å². The Morgan fingerprint density at radius 2 is 2.16 bits per heavy atom. The Morgan fingerprint density at radius 3 is 2.89 bits per heavy atom. The zero-order chi connectivity index (χ0) is 13.7. The maximum atomic E-state index is 11.6. The van der Waals surface area contributed by atoms with Crippen molar-refractivity contribution in [2.75, 3.05) is 26.9 Å². The number of hydrogen-bond donors (Lipinski definition) is 1. The minimum absolute atomic E-state index is 0.0443. The average Bonchev–Trinajstić information content (AvgIpc) is 3.14. The Hall–Kier alpha value is -1.39. The van der Waals surface area contributed by atoms with E-state index >= 15 is 0 Å². The number of aryl methyl sites for hydroxylation is 1. The molecule has 2 rings (SSSR count). The molecule has 0 saturated heterocycles. The number of carbonyl (C=O) groups excluding carboxylic acids is 1.